The molecule has 2 aromatic rings. The van der Waals surface area contributed by atoms with Crippen LogP contribution in [0.4, 0.5) is 10.8 Å². The number of nitrogens with zero attached hydrogens (tertiary/aromatic N) is 4. The summed E-state index contributed by atoms with van der Waals surface area (Å²) >= 11 is 0. The molecule has 4 rings (SSSR count). The van der Waals surface area contributed by atoms with Crippen molar-refractivity contribution in [2.75, 3.05) is 31.1 Å². The topological polar surface area (TPSA) is 153 Å². The molecule has 0 saturated carbocycles. The number of hydrogen-bond acceptors (Lipinski definition) is 9. The molecule has 0 radical (unpaired) electrons. The number of piperidine rings is 1. The standard InChI is InChI=1S/C32H48N6O6/c1-21(2)28-35-30(44-36-28)37-17-14-22(15-18-37)8-7-19-42-24-12-10-23(11-13-24)20-25(34-31(41)43-32(3,4)5)29(40)38-16-6-9-26(38)27(33)39/h10-13,21-22,25-26H,6-9,14-20H2,1-5H3,(H2,33,39)(H,34,41)/t25?,26-/m0/s1. The second kappa shape index (κ2) is 14.8. The van der Waals surface area contributed by atoms with Crippen LogP contribution >= 0.6 is 0 Å². The molecular formula is C32H48N6O6. The zero-order valence-electron chi connectivity index (χ0n) is 26.7. The van der Waals surface area contributed by atoms with Gasteiger partial charge in [-0.15, -0.1) is 0 Å². The Kier molecular flexibility index (Phi) is 11.1. The van der Waals surface area contributed by atoms with E-state index in [2.05, 4.69) is 34.2 Å². The lowest BCUT2D eigenvalue weighted by Gasteiger charge is -2.30. The third-order valence-electron chi connectivity index (χ3n) is 8.07. The maximum Gasteiger partial charge on any atom is 0.408 e. The van der Waals surface area contributed by atoms with Gasteiger partial charge in [-0.1, -0.05) is 31.1 Å². The van der Waals surface area contributed by atoms with Crippen LogP contribution in [0.5, 0.6) is 5.75 Å². The first-order valence-corrected chi connectivity index (χ1v) is 15.8. The van der Waals surface area contributed by atoms with Crippen molar-refractivity contribution in [3.63, 3.8) is 0 Å². The third kappa shape index (κ3) is 9.33. The number of carbonyl (C=O) groups is 3. The second-order valence-corrected chi connectivity index (χ2v) is 13.1. The molecule has 242 valence electrons. The highest BCUT2D eigenvalue weighted by Crippen LogP contribution is 2.26. The van der Waals surface area contributed by atoms with Crippen molar-refractivity contribution in [2.45, 2.75) is 103 Å². The number of primary amides is 1. The number of hydrogen-bond donors (Lipinski definition) is 2. The van der Waals surface area contributed by atoms with E-state index in [1.807, 2.05) is 24.3 Å². The molecule has 12 nitrogen and oxygen atoms in total. The van der Waals surface area contributed by atoms with Gasteiger partial charge in [0.15, 0.2) is 5.82 Å². The smallest absolute Gasteiger partial charge is 0.408 e. The minimum atomic E-state index is -0.903. The maximum atomic E-state index is 13.5. The first kappa shape index (κ1) is 33.1. The van der Waals surface area contributed by atoms with Crippen LogP contribution in [0, 0.1) is 5.92 Å². The summed E-state index contributed by atoms with van der Waals surface area (Å²) in [5, 5.41) is 6.79. The highest BCUT2D eigenvalue weighted by Gasteiger charge is 2.37. The molecule has 2 aliphatic heterocycles. The number of carbonyl (C=O) groups excluding carboxylic acids is 3. The van der Waals surface area contributed by atoms with E-state index in [4.69, 9.17) is 19.7 Å². The zero-order chi connectivity index (χ0) is 31.9. The Morgan fingerprint density at radius 1 is 1.09 bits per heavy atom. The number of ether oxygens (including phenoxy) is 2. The molecule has 3 heterocycles. The van der Waals surface area contributed by atoms with Gasteiger partial charge in [0.1, 0.15) is 23.4 Å². The summed E-state index contributed by atoms with van der Waals surface area (Å²) in [5.74, 6) is 1.50. The van der Waals surface area contributed by atoms with Crippen molar-refractivity contribution < 1.29 is 28.4 Å². The minimum Gasteiger partial charge on any atom is -0.494 e. The highest BCUT2D eigenvalue weighted by molar-refractivity contribution is 5.91. The van der Waals surface area contributed by atoms with E-state index in [1.54, 1.807) is 20.8 Å². The lowest BCUT2D eigenvalue weighted by atomic mass is 9.92. The normalized spacial score (nSPS) is 18.4. The van der Waals surface area contributed by atoms with Gasteiger partial charge < -0.3 is 34.8 Å². The summed E-state index contributed by atoms with van der Waals surface area (Å²) in [5.41, 5.74) is 5.66. The lowest BCUT2D eigenvalue weighted by Crippen LogP contribution is -2.54. The van der Waals surface area contributed by atoms with Crippen LogP contribution in [-0.2, 0) is 20.7 Å². The van der Waals surface area contributed by atoms with Gasteiger partial charge in [-0.2, -0.15) is 4.98 Å². The van der Waals surface area contributed by atoms with Gasteiger partial charge in [-0.3, -0.25) is 9.59 Å². The fraction of sp³-hybridized carbons (Fsp3) is 0.656. The van der Waals surface area contributed by atoms with Gasteiger partial charge in [-0.25, -0.2) is 4.79 Å². The first-order valence-electron chi connectivity index (χ1n) is 15.8. The Labute approximate surface area is 260 Å². The molecule has 1 aromatic carbocycles. The predicted octanol–water partition coefficient (Wildman–Crippen LogP) is 4.18. The molecule has 2 aliphatic rings. The summed E-state index contributed by atoms with van der Waals surface area (Å²) in [6.07, 6.45) is 4.97. The SMILES string of the molecule is CC(C)c1noc(N2CCC(CCCOc3ccc(CC(NC(=O)OC(C)(C)C)C(=O)N4CCC[C@H]4C(N)=O)cc3)CC2)n1. The molecule has 2 fully saturated rings. The molecule has 1 aromatic heterocycles. The van der Waals surface area contributed by atoms with E-state index in [0.717, 1.165) is 55.9 Å². The number of nitrogens with one attached hydrogen (secondary N) is 1. The first-order chi connectivity index (χ1) is 20.9. The molecule has 0 aliphatic carbocycles. The number of aromatic nitrogens is 2. The molecule has 0 spiro atoms. The summed E-state index contributed by atoms with van der Waals surface area (Å²) in [6, 6.07) is 6.58. The largest absolute Gasteiger partial charge is 0.494 e. The molecule has 3 N–H and O–H groups in total. The molecule has 0 bridgehead atoms. The fourth-order valence-corrected chi connectivity index (χ4v) is 5.70. The van der Waals surface area contributed by atoms with E-state index >= 15 is 0 Å². The van der Waals surface area contributed by atoms with Gasteiger partial charge in [0.05, 0.1) is 6.61 Å². The van der Waals surface area contributed by atoms with E-state index in [9.17, 15) is 14.4 Å². The van der Waals surface area contributed by atoms with Crippen molar-refractivity contribution in [1.82, 2.24) is 20.4 Å². The van der Waals surface area contributed by atoms with E-state index in [1.165, 1.54) is 4.90 Å². The Morgan fingerprint density at radius 2 is 1.80 bits per heavy atom. The number of anilines is 1. The van der Waals surface area contributed by atoms with Gasteiger partial charge in [-0.05, 0) is 82.9 Å². The summed E-state index contributed by atoms with van der Waals surface area (Å²) < 4.78 is 16.8. The lowest BCUT2D eigenvalue weighted by molar-refractivity contribution is -0.139. The molecule has 44 heavy (non-hydrogen) atoms. The zero-order valence-corrected chi connectivity index (χ0v) is 26.7. The summed E-state index contributed by atoms with van der Waals surface area (Å²) in [6.45, 7) is 12.3. The Morgan fingerprint density at radius 3 is 2.41 bits per heavy atom. The molecule has 3 amide bonds. The van der Waals surface area contributed by atoms with E-state index < -0.39 is 29.7 Å². The number of nitrogens with two attached hydrogens (primary N) is 1. The Bertz CT molecular complexity index is 1250. The number of alkyl carbamates (subject to hydrolysis) is 1. The van der Waals surface area contributed by atoms with E-state index in [-0.39, 0.29) is 18.2 Å². The van der Waals surface area contributed by atoms with Crippen molar-refractivity contribution in [3.05, 3.63) is 35.7 Å². The Balaban J connectivity index is 1.24. The number of amides is 3. The fourth-order valence-electron chi connectivity index (χ4n) is 5.70. The van der Waals surface area contributed by atoms with Crippen molar-refractivity contribution in [3.8, 4) is 5.75 Å². The minimum absolute atomic E-state index is 0.238. The Hall–Kier alpha value is -3.83. The van der Waals surface area contributed by atoms with Gasteiger partial charge in [0.25, 0.3) is 0 Å². The maximum absolute atomic E-state index is 13.5. The highest BCUT2D eigenvalue weighted by atomic mass is 16.6. The molecule has 1 unspecified atom stereocenters. The second-order valence-electron chi connectivity index (χ2n) is 13.1. The van der Waals surface area contributed by atoms with Crippen LogP contribution in [0.25, 0.3) is 0 Å². The van der Waals surface area contributed by atoms with Crippen molar-refractivity contribution in [2.24, 2.45) is 11.7 Å². The quantitative estimate of drug-likeness (QED) is 0.336. The van der Waals surface area contributed by atoms with Gasteiger partial charge in [0, 0.05) is 32.0 Å². The number of likely N-dealkylation sites (tertiary alicyclic amines) is 1. The molecule has 12 heteroatoms. The van der Waals surface area contributed by atoms with Crippen molar-refractivity contribution >= 4 is 23.9 Å². The van der Waals surface area contributed by atoms with Crippen LogP contribution in [0.1, 0.15) is 90.4 Å². The molecule has 2 saturated heterocycles. The third-order valence-corrected chi connectivity index (χ3v) is 8.07. The average Bonchev–Trinajstić information content (AvgIpc) is 3.66. The van der Waals surface area contributed by atoms with Crippen LogP contribution in [0.2, 0.25) is 0 Å². The van der Waals surface area contributed by atoms with Crippen molar-refractivity contribution in [1.29, 1.82) is 0 Å². The van der Waals surface area contributed by atoms with Crippen LogP contribution in [0.3, 0.4) is 0 Å². The molecular weight excluding hydrogens is 564 g/mol. The number of rotatable bonds is 12. The monoisotopic (exact) mass is 612 g/mol. The van der Waals surface area contributed by atoms with Gasteiger partial charge >= 0.3 is 12.1 Å². The van der Waals surface area contributed by atoms with Crippen LogP contribution in [-0.4, -0.2) is 76.9 Å². The van der Waals surface area contributed by atoms with Crippen LogP contribution < -0.4 is 20.7 Å². The average molecular weight is 613 g/mol. The van der Waals surface area contributed by atoms with Gasteiger partial charge in [0.2, 0.25) is 11.8 Å². The van der Waals surface area contributed by atoms with Crippen LogP contribution in [0.15, 0.2) is 28.8 Å². The number of benzene rings is 1. The predicted molar refractivity (Wildman–Crippen MR) is 165 cm³/mol. The van der Waals surface area contributed by atoms with E-state index in [0.29, 0.717) is 37.9 Å². The molecule has 2 atom stereocenters. The summed E-state index contributed by atoms with van der Waals surface area (Å²) in [4.78, 5) is 46.1. The summed E-state index contributed by atoms with van der Waals surface area (Å²) in [7, 11) is 0.